The van der Waals surface area contributed by atoms with E-state index in [0.717, 1.165) is 11.3 Å². The summed E-state index contributed by atoms with van der Waals surface area (Å²) in [5.41, 5.74) is 2.18. The molecule has 1 aliphatic heterocycles. The van der Waals surface area contributed by atoms with Crippen LogP contribution in [0, 0.1) is 11.3 Å². The van der Waals surface area contributed by atoms with E-state index >= 15 is 0 Å². The molecule has 0 aromatic carbocycles. The van der Waals surface area contributed by atoms with Crippen molar-refractivity contribution in [1.82, 2.24) is 5.32 Å². The van der Waals surface area contributed by atoms with Gasteiger partial charge in [-0.2, -0.15) is 0 Å². The summed E-state index contributed by atoms with van der Waals surface area (Å²) in [6.07, 6.45) is 9.04. The van der Waals surface area contributed by atoms with Gasteiger partial charge in [-0.15, -0.1) is 0 Å². The molecule has 0 radical (unpaired) electrons. The third kappa shape index (κ3) is 1.76. The van der Waals surface area contributed by atoms with Crippen LogP contribution in [0.25, 0.3) is 0 Å². The first-order chi connectivity index (χ1) is 7.01. The van der Waals surface area contributed by atoms with Gasteiger partial charge in [0.15, 0.2) is 0 Å². The maximum absolute atomic E-state index is 11.2. The second kappa shape index (κ2) is 3.37. The van der Waals surface area contributed by atoms with E-state index in [9.17, 15) is 4.79 Å². The molecular weight excluding hydrogens is 186 g/mol. The van der Waals surface area contributed by atoms with Crippen LogP contribution in [0.5, 0.6) is 0 Å². The van der Waals surface area contributed by atoms with Gasteiger partial charge in [0.1, 0.15) is 0 Å². The van der Waals surface area contributed by atoms with Gasteiger partial charge in [-0.25, -0.2) is 0 Å². The van der Waals surface area contributed by atoms with Crippen LogP contribution in [-0.2, 0) is 4.79 Å². The van der Waals surface area contributed by atoms with Crippen molar-refractivity contribution < 1.29 is 4.79 Å². The van der Waals surface area contributed by atoms with Crippen LogP contribution < -0.4 is 5.32 Å². The smallest absolute Gasteiger partial charge is 0.228 e. The van der Waals surface area contributed by atoms with Gasteiger partial charge >= 0.3 is 0 Å². The van der Waals surface area contributed by atoms with Gasteiger partial charge in [0.05, 0.1) is 6.42 Å². The largest absolute Gasteiger partial charge is 0.326 e. The summed E-state index contributed by atoms with van der Waals surface area (Å²) in [6.45, 7) is 6.64. The Morgan fingerprint density at radius 2 is 2.00 bits per heavy atom. The van der Waals surface area contributed by atoms with Crippen molar-refractivity contribution in [2.75, 3.05) is 0 Å². The minimum absolute atomic E-state index is 0.0923. The zero-order valence-electron chi connectivity index (χ0n) is 9.50. The fourth-order valence-corrected chi connectivity index (χ4v) is 1.82. The maximum Gasteiger partial charge on any atom is 0.228 e. The van der Waals surface area contributed by atoms with Crippen LogP contribution in [-0.4, -0.2) is 5.91 Å². The summed E-state index contributed by atoms with van der Waals surface area (Å²) in [5, 5.41) is 2.88. The number of allylic oxidation sites excluding steroid dienone is 4. The van der Waals surface area contributed by atoms with E-state index in [1.165, 1.54) is 0 Å². The van der Waals surface area contributed by atoms with Gasteiger partial charge in [-0.05, 0) is 17.6 Å². The minimum atomic E-state index is 0.0923. The number of nitrogens with one attached hydrogen (secondary N) is 1. The van der Waals surface area contributed by atoms with Gasteiger partial charge in [0.25, 0.3) is 0 Å². The van der Waals surface area contributed by atoms with Gasteiger partial charge in [0, 0.05) is 11.1 Å². The Hall–Kier alpha value is -1.31. The monoisotopic (exact) mass is 203 g/mol. The third-order valence-electron chi connectivity index (χ3n) is 3.47. The second-order valence-corrected chi connectivity index (χ2v) is 4.85. The van der Waals surface area contributed by atoms with E-state index < -0.39 is 0 Å². The maximum atomic E-state index is 11.2. The first-order valence-electron chi connectivity index (χ1n) is 5.43. The Balaban J connectivity index is 2.30. The lowest BCUT2D eigenvalue weighted by molar-refractivity contribution is -0.118. The fraction of sp³-hybridized carbons (Fsp3) is 0.462. The van der Waals surface area contributed by atoms with E-state index in [-0.39, 0.29) is 11.3 Å². The van der Waals surface area contributed by atoms with Crippen LogP contribution in [0.2, 0.25) is 0 Å². The van der Waals surface area contributed by atoms with Crippen LogP contribution in [0.15, 0.2) is 35.6 Å². The molecule has 2 rings (SSSR count). The average Bonchev–Trinajstić information content (AvgIpc) is 2.45. The lowest BCUT2D eigenvalue weighted by Crippen LogP contribution is -2.18. The van der Waals surface area contributed by atoms with Gasteiger partial charge in [0.2, 0.25) is 5.91 Å². The van der Waals surface area contributed by atoms with Gasteiger partial charge in [-0.3, -0.25) is 4.79 Å². The number of carbonyl (C=O) groups excluding carboxylic acids is 1. The van der Waals surface area contributed by atoms with Crippen LogP contribution >= 0.6 is 0 Å². The third-order valence-corrected chi connectivity index (χ3v) is 3.47. The lowest BCUT2D eigenvalue weighted by atomic mass is 9.79. The van der Waals surface area contributed by atoms with Gasteiger partial charge < -0.3 is 5.32 Å². The summed E-state index contributed by atoms with van der Waals surface area (Å²) in [5.74, 6) is 0.656. The summed E-state index contributed by atoms with van der Waals surface area (Å²) < 4.78 is 0. The predicted molar refractivity (Wildman–Crippen MR) is 61.0 cm³/mol. The highest BCUT2D eigenvalue weighted by molar-refractivity contribution is 5.86. The summed E-state index contributed by atoms with van der Waals surface area (Å²) in [6, 6.07) is 0. The molecule has 0 aromatic heterocycles. The first kappa shape index (κ1) is 10.2. The molecule has 0 fully saturated rings. The quantitative estimate of drug-likeness (QED) is 0.697. The first-order valence-corrected chi connectivity index (χ1v) is 5.43. The van der Waals surface area contributed by atoms with E-state index in [1.807, 2.05) is 6.08 Å². The zero-order valence-corrected chi connectivity index (χ0v) is 9.50. The second-order valence-electron chi connectivity index (χ2n) is 4.85. The normalized spacial score (nSPS) is 29.5. The average molecular weight is 203 g/mol. The highest BCUT2D eigenvalue weighted by Gasteiger charge is 2.26. The molecule has 2 nitrogen and oxygen atoms in total. The molecule has 1 aliphatic carbocycles. The highest BCUT2D eigenvalue weighted by Crippen LogP contribution is 2.34. The van der Waals surface area contributed by atoms with Crippen molar-refractivity contribution >= 4 is 5.91 Å². The van der Waals surface area contributed by atoms with Crippen LogP contribution in [0.3, 0.4) is 0 Å². The fourth-order valence-electron chi connectivity index (χ4n) is 1.82. The van der Waals surface area contributed by atoms with Crippen LogP contribution in [0.4, 0.5) is 0 Å². The molecule has 15 heavy (non-hydrogen) atoms. The number of carbonyl (C=O) groups is 1. The molecule has 0 aromatic rings. The van der Waals surface area contributed by atoms with Crippen molar-refractivity contribution in [2.45, 2.75) is 27.2 Å². The van der Waals surface area contributed by atoms with Crippen molar-refractivity contribution in [3.63, 3.8) is 0 Å². The van der Waals surface area contributed by atoms with Crippen LogP contribution in [0.1, 0.15) is 27.2 Å². The minimum Gasteiger partial charge on any atom is -0.326 e. The van der Waals surface area contributed by atoms with Crippen molar-refractivity contribution in [1.29, 1.82) is 0 Å². The van der Waals surface area contributed by atoms with Crippen molar-refractivity contribution in [3.05, 3.63) is 35.6 Å². The van der Waals surface area contributed by atoms with E-state index in [4.69, 9.17) is 0 Å². The van der Waals surface area contributed by atoms with Crippen molar-refractivity contribution in [3.8, 4) is 0 Å². The van der Waals surface area contributed by atoms with E-state index in [0.29, 0.717) is 12.3 Å². The predicted octanol–water partition coefficient (Wildman–Crippen LogP) is 2.55. The Morgan fingerprint density at radius 3 is 2.67 bits per heavy atom. The van der Waals surface area contributed by atoms with E-state index in [2.05, 4.69) is 44.3 Å². The highest BCUT2D eigenvalue weighted by atomic mass is 16.1. The molecule has 2 heteroatoms. The van der Waals surface area contributed by atoms with Crippen molar-refractivity contribution in [2.24, 2.45) is 11.3 Å². The number of hydrogen-bond donors (Lipinski definition) is 1. The zero-order chi connectivity index (χ0) is 11.1. The van der Waals surface area contributed by atoms with E-state index in [1.54, 1.807) is 0 Å². The molecule has 1 unspecified atom stereocenters. The molecule has 0 saturated heterocycles. The number of hydrogen-bond acceptors (Lipinski definition) is 1. The summed E-state index contributed by atoms with van der Waals surface area (Å²) in [4.78, 5) is 11.2. The Bertz CT molecular complexity index is 357. The topological polar surface area (TPSA) is 29.1 Å². The number of amides is 1. The Labute approximate surface area is 90.7 Å². The molecule has 0 saturated carbocycles. The molecule has 1 N–H and O–H groups in total. The molecule has 1 atom stereocenters. The molecule has 80 valence electrons. The summed E-state index contributed by atoms with van der Waals surface area (Å²) in [7, 11) is 0. The molecule has 0 spiro atoms. The Kier molecular flexibility index (Phi) is 2.29. The SMILES string of the molecule is CC(C)C1(C)C=CC2=C(C=C1)NC(=O)C2. The molecule has 1 heterocycles. The molecule has 1 amide bonds. The lowest BCUT2D eigenvalue weighted by Gasteiger charge is -2.26. The Morgan fingerprint density at radius 1 is 1.33 bits per heavy atom. The molecule has 0 bridgehead atoms. The van der Waals surface area contributed by atoms with Gasteiger partial charge in [-0.1, -0.05) is 39.0 Å². The molecule has 2 aliphatic rings. The number of rotatable bonds is 1. The standard InChI is InChI=1S/C13H17NO/c1-9(2)13(3)6-4-10-8-12(15)14-11(10)5-7-13/h4-7,9H,8H2,1-3H3,(H,14,15). The summed E-state index contributed by atoms with van der Waals surface area (Å²) >= 11 is 0. The molecular formula is C13H17NO.